The van der Waals surface area contributed by atoms with Crippen molar-refractivity contribution < 1.29 is 22.6 Å². The summed E-state index contributed by atoms with van der Waals surface area (Å²) in [4.78, 5) is 17.9. The number of hydrogen-bond acceptors (Lipinski definition) is 5. The number of hydrogen-bond donors (Lipinski definition) is 0. The first kappa shape index (κ1) is 28.4. The van der Waals surface area contributed by atoms with Crippen LogP contribution in [0.15, 0.2) is 75.0 Å². The van der Waals surface area contributed by atoms with Gasteiger partial charge in [-0.25, -0.2) is 4.98 Å². The predicted molar refractivity (Wildman–Crippen MR) is 150 cm³/mol. The fourth-order valence-corrected chi connectivity index (χ4v) is 4.12. The molecule has 6 nitrogen and oxygen atoms in total. The van der Waals surface area contributed by atoms with Crippen molar-refractivity contribution in [2.45, 2.75) is 33.9 Å². The highest BCUT2D eigenvalue weighted by atomic mass is 79.9. The maximum absolute atomic E-state index is 13.4. The molecule has 0 radical (unpaired) electrons. The first-order valence-electron chi connectivity index (χ1n) is 12.2. The number of halogens is 4. The van der Waals surface area contributed by atoms with Crippen LogP contribution in [0.1, 0.15) is 38.8 Å². The molecule has 0 saturated heterocycles. The zero-order valence-electron chi connectivity index (χ0n) is 21.8. The van der Waals surface area contributed by atoms with Crippen molar-refractivity contribution in [3.63, 3.8) is 0 Å². The van der Waals surface area contributed by atoms with Crippen LogP contribution in [-0.2, 0) is 6.18 Å². The van der Waals surface area contributed by atoms with E-state index in [1.807, 2.05) is 6.92 Å². The SMILES string of the molecule is CCOc1cc(C=Nn2c(-c3cccc(C(F)(F)F)c3)nc3ccccc3c2=O)c(Br)cc1OCC(C)(C)C. The molecule has 3 aromatic carbocycles. The molecular weight excluding hydrogens is 575 g/mol. The Morgan fingerprint density at radius 2 is 1.72 bits per heavy atom. The standard InChI is InChI=1S/C29H27BrF3N3O3/c1-5-38-24-14-19(22(30)15-25(24)39-17-28(2,3)4)16-34-36-26(18-9-8-10-20(13-18)29(31,32)33)35-23-12-7-6-11-21(23)27(36)37/h6-16H,5,17H2,1-4H3. The predicted octanol–water partition coefficient (Wildman–Crippen LogP) is 7.55. The molecule has 0 atom stereocenters. The Morgan fingerprint density at radius 3 is 2.41 bits per heavy atom. The van der Waals surface area contributed by atoms with E-state index in [0.717, 1.165) is 16.8 Å². The minimum Gasteiger partial charge on any atom is -0.490 e. The number of alkyl halides is 3. The maximum Gasteiger partial charge on any atom is 0.416 e. The summed E-state index contributed by atoms with van der Waals surface area (Å²) in [6.07, 6.45) is -3.13. The van der Waals surface area contributed by atoms with Crippen LogP contribution in [0.4, 0.5) is 13.2 Å². The lowest BCUT2D eigenvalue weighted by molar-refractivity contribution is -0.137. The van der Waals surface area contributed by atoms with Crippen LogP contribution >= 0.6 is 15.9 Å². The summed E-state index contributed by atoms with van der Waals surface area (Å²) in [6, 6.07) is 14.7. The minimum absolute atomic E-state index is 0.0210. The van der Waals surface area contributed by atoms with Gasteiger partial charge in [0.25, 0.3) is 5.56 Å². The monoisotopic (exact) mass is 601 g/mol. The maximum atomic E-state index is 13.4. The second-order valence-electron chi connectivity index (χ2n) is 10.00. The van der Waals surface area contributed by atoms with Gasteiger partial charge in [0.2, 0.25) is 0 Å². The molecule has 0 spiro atoms. The number of aromatic nitrogens is 2. The molecular formula is C29H27BrF3N3O3. The third kappa shape index (κ3) is 6.68. The van der Waals surface area contributed by atoms with Crippen molar-refractivity contribution in [3.05, 3.63) is 86.6 Å². The zero-order chi connectivity index (χ0) is 28.4. The number of nitrogens with zero attached hydrogens (tertiary/aromatic N) is 3. The summed E-state index contributed by atoms with van der Waals surface area (Å²) in [6.45, 7) is 8.89. The van der Waals surface area contributed by atoms with Crippen molar-refractivity contribution in [1.82, 2.24) is 9.66 Å². The number of ether oxygens (including phenoxy) is 2. The van der Waals surface area contributed by atoms with Crippen LogP contribution in [0.5, 0.6) is 11.5 Å². The normalized spacial score (nSPS) is 12.3. The Bertz CT molecular complexity index is 1590. The van der Waals surface area contributed by atoms with E-state index < -0.39 is 17.3 Å². The molecule has 0 bridgehead atoms. The lowest BCUT2D eigenvalue weighted by Crippen LogP contribution is -2.20. The summed E-state index contributed by atoms with van der Waals surface area (Å²) in [5.74, 6) is 1.02. The smallest absolute Gasteiger partial charge is 0.416 e. The van der Waals surface area contributed by atoms with Gasteiger partial charge < -0.3 is 9.47 Å². The van der Waals surface area contributed by atoms with Crippen LogP contribution in [0.2, 0.25) is 0 Å². The van der Waals surface area contributed by atoms with Gasteiger partial charge in [0.05, 0.1) is 35.9 Å². The van der Waals surface area contributed by atoms with Gasteiger partial charge in [0.15, 0.2) is 17.3 Å². The highest BCUT2D eigenvalue weighted by Crippen LogP contribution is 2.35. The van der Waals surface area contributed by atoms with Crippen molar-refractivity contribution in [2.24, 2.45) is 10.5 Å². The lowest BCUT2D eigenvalue weighted by Gasteiger charge is -2.21. The lowest BCUT2D eigenvalue weighted by atomic mass is 9.99. The highest BCUT2D eigenvalue weighted by molar-refractivity contribution is 9.10. The van der Waals surface area contributed by atoms with Crippen LogP contribution in [0.3, 0.4) is 0 Å². The van der Waals surface area contributed by atoms with Crippen molar-refractivity contribution >= 4 is 33.0 Å². The first-order chi connectivity index (χ1) is 18.4. The largest absolute Gasteiger partial charge is 0.490 e. The van der Waals surface area contributed by atoms with Crippen LogP contribution in [0.25, 0.3) is 22.3 Å². The molecule has 0 aliphatic heterocycles. The summed E-state index contributed by atoms with van der Waals surface area (Å²) < 4.78 is 53.7. The average molecular weight is 602 g/mol. The fraction of sp³-hybridized carbons (Fsp3) is 0.276. The molecule has 0 fully saturated rings. The molecule has 4 aromatic rings. The van der Waals surface area contributed by atoms with E-state index in [-0.39, 0.29) is 22.2 Å². The molecule has 4 rings (SSSR count). The molecule has 0 amide bonds. The van der Waals surface area contributed by atoms with Crippen molar-refractivity contribution in [3.8, 4) is 22.9 Å². The van der Waals surface area contributed by atoms with E-state index in [1.54, 1.807) is 36.4 Å². The van der Waals surface area contributed by atoms with Gasteiger partial charge in [-0.1, -0.05) is 45.0 Å². The summed E-state index contributed by atoms with van der Waals surface area (Å²) in [5, 5.41) is 4.66. The molecule has 39 heavy (non-hydrogen) atoms. The van der Waals surface area contributed by atoms with Crippen molar-refractivity contribution in [1.29, 1.82) is 0 Å². The third-order valence-corrected chi connectivity index (χ3v) is 6.22. The number of benzene rings is 3. The Kier molecular flexibility index (Phi) is 8.15. The third-order valence-electron chi connectivity index (χ3n) is 5.54. The van der Waals surface area contributed by atoms with Gasteiger partial charge in [-0.05, 0) is 64.7 Å². The Balaban J connectivity index is 1.84. The van der Waals surface area contributed by atoms with Crippen LogP contribution in [0, 0.1) is 5.41 Å². The van der Waals surface area contributed by atoms with Crippen LogP contribution in [-0.4, -0.2) is 29.1 Å². The Hall–Kier alpha value is -3.66. The molecule has 0 unspecified atom stereocenters. The second-order valence-corrected chi connectivity index (χ2v) is 10.8. The molecule has 0 aliphatic rings. The quantitative estimate of drug-likeness (QED) is 0.205. The molecule has 10 heteroatoms. The van der Waals surface area contributed by atoms with Crippen molar-refractivity contribution in [2.75, 3.05) is 13.2 Å². The summed E-state index contributed by atoms with van der Waals surface area (Å²) in [5.41, 5.74) is -0.424. The van der Waals surface area contributed by atoms with Gasteiger partial charge in [-0.2, -0.15) is 22.9 Å². The number of para-hydroxylation sites is 1. The van der Waals surface area contributed by atoms with E-state index in [1.165, 1.54) is 18.3 Å². The topological polar surface area (TPSA) is 65.7 Å². The minimum atomic E-state index is -4.56. The van der Waals surface area contributed by atoms with E-state index in [2.05, 4.69) is 46.8 Å². The molecule has 204 valence electrons. The van der Waals surface area contributed by atoms with Gasteiger partial charge in [0.1, 0.15) is 0 Å². The summed E-state index contributed by atoms with van der Waals surface area (Å²) >= 11 is 3.52. The first-order valence-corrected chi connectivity index (χ1v) is 13.0. The van der Waals surface area contributed by atoms with Crippen LogP contribution < -0.4 is 15.0 Å². The van der Waals surface area contributed by atoms with Gasteiger partial charge in [-0.15, -0.1) is 0 Å². The fourth-order valence-electron chi connectivity index (χ4n) is 3.70. The van der Waals surface area contributed by atoms with E-state index in [4.69, 9.17) is 9.47 Å². The molecule has 1 heterocycles. The van der Waals surface area contributed by atoms with Gasteiger partial charge in [-0.3, -0.25) is 4.79 Å². The number of fused-ring (bicyclic) bond motifs is 1. The second kappa shape index (κ2) is 11.2. The number of rotatable bonds is 7. The Labute approximate surface area is 232 Å². The van der Waals surface area contributed by atoms with Gasteiger partial charge in [0, 0.05) is 15.6 Å². The average Bonchev–Trinajstić information content (AvgIpc) is 2.88. The highest BCUT2D eigenvalue weighted by Gasteiger charge is 2.31. The van der Waals surface area contributed by atoms with Gasteiger partial charge >= 0.3 is 6.18 Å². The zero-order valence-corrected chi connectivity index (χ0v) is 23.4. The van der Waals surface area contributed by atoms with E-state index in [9.17, 15) is 18.0 Å². The Morgan fingerprint density at radius 1 is 1.00 bits per heavy atom. The molecule has 1 aromatic heterocycles. The molecule has 0 saturated carbocycles. The molecule has 0 N–H and O–H groups in total. The molecule has 0 aliphatic carbocycles. The van der Waals surface area contributed by atoms with E-state index >= 15 is 0 Å². The van der Waals surface area contributed by atoms with E-state index in [0.29, 0.717) is 40.3 Å². The summed E-state index contributed by atoms with van der Waals surface area (Å²) in [7, 11) is 0.